The number of aromatic nitrogens is 2. The van der Waals surface area contributed by atoms with Crippen molar-refractivity contribution in [3.8, 4) is 17.0 Å². The van der Waals surface area contributed by atoms with Crippen molar-refractivity contribution < 1.29 is 4.74 Å². The summed E-state index contributed by atoms with van der Waals surface area (Å²) in [5, 5.41) is 4.09. The maximum atomic E-state index is 5.45. The number of hydrogen-bond donors (Lipinski definition) is 1. The standard InChI is InChI=1S/C10H11N3O/c1-14-9-4-2-8(3-5-9)10-6-7-13(11)12-10/h2-7H,11H2,1H3. The maximum Gasteiger partial charge on any atom is 0.118 e. The number of nitrogens with zero attached hydrogens (tertiary/aromatic N) is 2. The van der Waals surface area contributed by atoms with Crippen LogP contribution in [0.3, 0.4) is 0 Å². The van der Waals surface area contributed by atoms with Crippen LogP contribution >= 0.6 is 0 Å². The van der Waals surface area contributed by atoms with Gasteiger partial charge < -0.3 is 10.6 Å². The smallest absolute Gasteiger partial charge is 0.118 e. The highest BCUT2D eigenvalue weighted by atomic mass is 16.5. The second-order valence-corrected chi connectivity index (χ2v) is 2.91. The van der Waals surface area contributed by atoms with Gasteiger partial charge in [0.2, 0.25) is 0 Å². The van der Waals surface area contributed by atoms with Gasteiger partial charge in [0.15, 0.2) is 0 Å². The van der Waals surface area contributed by atoms with Crippen LogP contribution in [0.2, 0.25) is 0 Å². The molecule has 1 aromatic carbocycles. The molecule has 4 nitrogen and oxygen atoms in total. The lowest BCUT2D eigenvalue weighted by Crippen LogP contribution is -2.07. The van der Waals surface area contributed by atoms with Gasteiger partial charge in [-0.2, -0.15) is 9.89 Å². The Hall–Kier alpha value is -1.97. The Morgan fingerprint density at radius 2 is 1.93 bits per heavy atom. The first kappa shape index (κ1) is 8.62. The minimum Gasteiger partial charge on any atom is -0.497 e. The van der Waals surface area contributed by atoms with Crippen molar-refractivity contribution in [2.24, 2.45) is 0 Å². The van der Waals surface area contributed by atoms with E-state index in [1.807, 2.05) is 30.3 Å². The number of methoxy groups -OCH3 is 1. The summed E-state index contributed by atoms with van der Waals surface area (Å²) in [7, 11) is 1.64. The highest BCUT2D eigenvalue weighted by Crippen LogP contribution is 2.19. The van der Waals surface area contributed by atoms with E-state index in [-0.39, 0.29) is 0 Å². The van der Waals surface area contributed by atoms with E-state index in [1.165, 1.54) is 4.79 Å². The number of benzene rings is 1. The minimum atomic E-state index is 0.834. The van der Waals surface area contributed by atoms with E-state index in [4.69, 9.17) is 10.6 Å². The molecule has 0 saturated heterocycles. The van der Waals surface area contributed by atoms with E-state index in [0.717, 1.165) is 17.0 Å². The largest absolute Gasteiger partial charge is 0.497 e. The number of nitrogen functional groups attached to an aromatic ring is 1. The van der Waals surface area contributed by atoms with Crippen LogP contribution in [0, 0.1) is 0 Å². The average molecular weight is 189 g/mol. The Labute approximate surface area is 81.9 Å². The Bertz CT molecular complexity index is 419. The van der Waals surface area contributed by atoms with Crippen LogP contribution in [0.1, 0.15) is 0 Å². The van der Waals surface area contributed by atoms with Crippen molar-refractivity contribution in [2.45, 2.75) is 0 Å². The summed E-state index contributed by atoms with van der Waals surface area (Å²) in [5.74, 6) is 6.29. The first-order valence-electron chi connectivity index (χ1n) is 4.25. The van der Waals surface area contributed by atoms with Gasteiger partial charge in [0.25, 0.3) is 0 Å². The van der Waals surface area contributed by atoms with Crippen molar-refractivity contribution in [1.29, 1.82) is 0 Å². The van der Waals surface area contributed by atoms with Crippen LogP contribution in [-0.2, 0) is 0 Å². The van der Waals surface area contributed by atoms with Crippen LogP contribution in [-0.4, -0.2) is 17.0 Å². The highest BCUT2D eigenvalue weighted by Gasteiger charge is 2.00. The molecular formula is C10H11N3O. The maximum absolute atomic E-state index is 5.45. The Morgan fingerprint density at radius 1 is 1.21 bits per heavy atom. The minimum absolute atomic E-state index is 0.834. The van der Waals surface area contributed by atoms with Crippen molar-refractivity contribution in [1.82, 2.24) is 9.89 Å². The molecule has 0 radical (unpaired) electrons. The van der Waals surface area contributed by atoms with Gasteiger partial charge in [-0.05, 0) is 30.3 Å². The quantitative estimate of drug-likeness (QED) is 0.724. The van der Waals surface area contributed by atoms with Gasteiger partial charge in [-0.1, -0.05) is 0 Å². The van der Waals surface area contributed by atoms with Crippen LogP contribution in [0.5, 0.6) is 5.75 Å². The molecule has 0 bridgehead atoms. The monoisotopic (exact) mass is 189 g/mol. The summed E-state index contributed by atoms with van der Waals surface area (Å²) in [4.78, 5) is 1.29. The van der Waals surface area contributed by atoms with Crippen LogP contribution in [0.4, 0.5) is 0 Å². The highest BCUT2D eigenvalue weighted by molar-refractivity contribution is 5.59. The molecule has 0 aliphatic heterocycles. The van der Waals surface area contributed by atoms with Crippen molar-refractivity contribution in [2.75, 3.05) is 13.0 Å². The lowest BCUT2D eigenvalue weighted by Gasteiger charge is -2.00. The zero-order chi connectivity index (χ0) is 9.97. The number of nitrogens with two attached hydrogens (primary N) is 1. The van der Waals surface area contributed by atoms with Gasteiger partial charge in [0.05, 0.1) is 12.8 Å². The predicted octanol–water partition coefficient (Wildman–Crippen LogP) is 1.27. The molecule has 0 unspecified atom stereocenters. The lowest BCUT2D eigenvalue weighted by atomic mass is 10.1. The molecule has 0 amide bonds. The van der Waals surface area contributed by atoms with E-state index in [0.29, 0.717) is 0 Å². The van der Waals surface area contributed by atoms with Crippen molar-refractivity contribution in [3.05, 3.63) is 36.5 Å². The van der Waals surface area contributed by atoms with Gasteiger partial charge in [-0.3, -0.25) is 0 Å². The molecule has 2 rings (SSSR count). The third-order valence-corrected chi connectivity index (χ3v) is 1.99. The average Bonchev–Trinajstić information content (AvgIpc) is 2.65. The van der Waals surface area contributed by atoms with Crippen LogP contribution < -0.4 is 10.6 Å². The zero-order valence-corrected chi connectivity index (χ0v) is 7.84. The van der Waals surface area contributed by atoms with Crippen LogP contribution in [0.25, 0.3) is 11.3 Å². The fourth-order valence-electron chi connectivity index (χ4n) is 1.25. The molecule has 14 heavy (non-hydrogen) atoms. The van der Waals surface area contributed by atoms with Gasteiger partial charge in [0, 0.05) is 11.8 Å². The predicted molar refractivity (Wildman–Crippen MR) is 54.4 cm³/mol. The summed E-state index contributed by atoms with van der Waals surface area (Å²) >= 11 is 0. The third kappa shape index (κ3) is 1.54. The molecule has 72 valence electrons. The Balaban J connectivity index is 2.33. The molecule has 1 aromatic heterocycles. The van der Waals surface area contributed by atoms with Gasteiger partial charge in [-0.25, -0.2) is 0 Å². The Kier molecular flexibility index (Phi) is 2.10. The molecule has 2 N–H and O–H groups in total. The first-order chi connectivity index (χ1) is 6.79. The van der Waals surface area contributed by atoms with Crippen LogP contribution in [0.15, 0.2) is 36.5 Å². The molecule has 0 spiro atoms. The van der Waals surface area contributed by atoms with E-state index >= 15 is 0 Å². The van der Waals surface area contributed by atoms with E-state index in [9.17, 15) is 0 Å². The molecular weight excluding hydrogens is 178 g/mol. The Morgan fingerprint density at radius 3 is 2.43 bits per heavy atom. The second-order valence-electron chi connectivity index (χ2n) is 2.91. The molecule has 0 aliphatic rings. The first-order valence-corrected chi connectivity index (χ1v) is 4.25. The fraction of sp³-hybridized carbons (Fsp3) is 0.100. The van der Waals surface area contributed by atoms with Crippen molar-refractivity contribution in [3.63, 3.8) is 0 Å². The van der Waals surface area contributed by atoms with Gasteiger partial charge in [0.1, 0.15) is 5.75 Å². The lowest BCUT2D eigenvalue weighted by molar-refractivity contribution is 0.415. The molecule has 2 aromatic rings. The summed E-state index contributed by atoms with van der Waals surface area (Å²) in [6.45, 7) is 0. The normalized spacial score (nSPS) is 10.1. The SMILES string of the molecule is COc1ccc(-c2ccn(N)n2)cc1. The summed E-state index contributed by atoms with van der Waals surface area (Å²) in [6, 6.07) is 9.54. The van der Waals surface area contributed by atoms with E-state index in [1.54, 1.807) is 13.3 Å². The molecule has 0 fully saturated rings. The van der Waals surface area contributed by atoms with E-state index < -0.39 is 0 Å². The molecule has 0 aliphatic carbocycles. The topological polar surface area (TPSA) is 53.1 Å². The summed E-state index contributed by atoms with van der Waals surface area (Å²) < 4.78 is 5.06. The molecule has 0 saturated carbocycles. The zero-order valence-electron chi connectivity index (χ0n) is 7.84. The van der Waals surface area contributed by atoms with Gasteiger partial charge in [-0.15, -0.1) is 0 Å². The molecule has 0 atom stereocenters. The van der Waals surface area contributed by atoms with Gasteiger partial charge >= 0.3 is 0 Å². The second kappa shape index (κ2) is 3.41. The third-order valence-electron chi connectivity index (χ3n) is 1.99. The summed E-state index contributed by atoms with van der Waals surface area (Å²) in [6.07, 6.45) is 1.71. The number of hydrogen-bond acceptors (Lipinski definition) is 3. The summed E-state index contributed by atoms with van der Waals surface area (Å²) in [5.41, 5.74) is 1.88. The number of rotatable bonds is 2. The van der Waals surface area contributed by atoms with E-state index in [2.05, 4.69) is 5.10 Å². The molecule has 4 heteroatoms. The fourth-order valence-corrected chi connectivity index (χ4v) is 1.25. The number of ether oxygens (including phenoxy) is 1. The molecule has 1 heterocycles. The van der Waals surface area contributed by atoms with Crippen molar-refractivity contribution >= 4 is 0 Å².